The monoisotopic (exact) mass is 446 g/mol. The van der Waals surface area contributed by atoms with Crippen LogP contribution in [0.25, 0.3) is 0 Å². The second-order valence-electron chi connectivity index (χ2n) is 7.24. The van der Waals surface area contributed by atoms with Crippen LogP contribution in [0.3, 0.4) is 0 Å². The van der Waals surface area contributed by atoms with Crippen molar-refractivity contribution in [1.82, 2.24) is 5.32 Å². The summed E-state index contributed by atoms with van der Waals surface area (Å²) >= 11 is 11.9. The highest BCUT2D eigenvalue weighted by atomic mass is 35.5. The molecular weight excluding hydrogens is 420 g/mol. The Morgan fingerprint density at radius 1 is 1.10 bits per heavy atom. The van der Waals surface area contributed by atoms with Crippen molar-refractivity contribution in [1.29, 1.82) is 0 Å². The number of carbonyl (C=O) groups is 1. The molecule has 2 N–H and O–H groups in total. The molecule has 0 aliphatic heterocycles. The van der Waals surface area contributed by atoms with Gasteiger partial charge < -0.3 is 20.1 Å². The van der Waals surface area contributed by atoms with E-state index in [2.05, 4.69) is 22.8 Å². The molecule has 7 heteroatoms. The first-order chi connectivity index (χ1) is 14.5. The minimum Gasteiger partial charge on any atom is -0.494 e. The highest BCUT2D eigenvalue weighted by Gasteiger charge is 2.36. The number of hydrogen-bond donors (Lipinski definition) is 2. The molecule has 0 unspecified atom stereocenters. The maximum Gasteiger partial charge on any atom is 0.339 e. The highest BCUT2D eigenvalue weighted by molar-refractivity contribution is 7.80. The number of ether oxygens (including phenoxy) is 2. The molecule has 0 radical (unpaired) electrons. The number of halogens is 1. The van der Waals surface area contributed by atoms with Crippen molar-refractivity contribution >= 4 is 40.6 Å². The lowest BCUT2D eigenvalue weighted by Crippen LogP contribution is -2.45. The Morgan fingerprint density at radius 3 is 2.40 bits per heavy atom. The highest BCUT2D eigenvalue weighted by Crippen LogP contribution is 2.39. The molecule has 2 aromatic rings. The van der Waals surface area contributed by atoms with Gasteiger partial charge in [0, 0.05) is 5.69 Å². The first kappa shape index (κ1) is 22.4. The van der Waals surface area contributed by atoms with E-state index < -0.39 is 5.97 Å². The molecule has 1 aliphatic carbocycles. The molecule has 0 aromatic heterocycles. The lowest BCUT2D eigenvalue weighted by Gasteiger charge is -2.32. The van der Waals surface area contributed by atoms with Crippen molar-refractivity contribution in [3.8, 4) is 5.75 Å². The maximum absolute atomic E-state index is 11.9. The number of rotatable bonds is 7. The van der Waals surface area contributed by atoms with E-state index >= 15 is 0 Å². The molecule has 3 rings (SSSR count). The lowest BCUT2D eigenvalue weighted by molar-refractivity contribution is 0.0526. The van der Waals surface area contributed by atoms with E-state index in [-0.39, 0.29) is 5.54 Å². The number of nitrogens with one attached hydrogen (secondary N) is 2. The zero-order valence-corrected chi connectivity index (χ0v) is 18.9. The van der Waals surface area contributed by atoms with E-state index in [1.54, 1.807) is 25.1 Å². The zero-order valence-electron chi connectivity index (χ0n) is 17.3. The van der Waals surface area contributed by atoms with Gasteiger partial charge in [-0.05, 0) is 74.8 Å². The van der Waals surface area contributed by atoms with Crippen molar-refractivity contribution in [2.45, 2.75) is 45.1 Å². The quantitative estimate of drug-likeness (QED) is 0.422. The molecule has 1 aliphatic rings. The zero-order chi connectivity index (χ0) is 21.6. The summed E-state index contributed by atoms with van der Waals surface area (Å²) in [6, 6.07) is 13.3. The lowest BCUT2D eigenvalue weighted by atomic mass is 9.88. The van der Waals surface area contributed by atoms with Crippen LogP contribution in [-0.4, -0.2) is 24.3 Å². The van der Waals surface area contributed by atoms with Crippen LogP contribution >= 0.6 is 23.8 Å². The average Bonchev–Trinajstić information content (AvgIpc) is 3.18. The van der Waals surface area contributed by atoms with Crippen LogP contribution in [0.15, 0.2) is 42.5 Å². The van der Waals surface area contributed by atoms with Gasteiger partial charge in [-0.2, -0.15) is 0 Å². The average molecular weight is 447 g/mol. The molecule has 160 valence electrons. The molecule has 1 fully saturated rings. The number of benzene rings is 2. The van der Waals surface area contributed by atoms with E-state index in [0.29, 0.717) is 34.6 Å². The van der Waals surface area contributed by atoms with Gasteiger partial charge in [-0.15, -0.1) is 0 Å². The number of anilines is 1. The van der Waals surface area contributed by atoms with Gasteiger partial charge in [0.25, 0.3) is 0 Å². The first-order valence-electron chi connectivity index (χ1n) is 10.3. The summed E-state index contributed by atoms with van der Waals surface area (Å²) in [7, 11) is 0. The molecule has 0 spiro atoms. The van der Waals surface area contributed by atoms with Crippen LogP contribution in [0.5, 0.6) is 5.75 Å². The van der Waals surface area contributed by atoms with Crippen LogP contribution < -0.4 is 15.4 Å². The fourth-order valence-electron chi connectivity index (χ4n) is 3.85. The molecule has 0 bridgehead atoms. The molecule has 5 nitrogen and oxygen atoms in total. The number of thiocarbonyl (C=S) groups is 1. The Labute approximate surface area is 188 Å². The first-order valence-corrected chi connectivity index (χ1v) is 11.0. The summed E-state index contributed by atoms with van der Waals surface area (Å²) in [5.41, 5.74) is 2.04. The number of esters is 1. The smallest absolute Gasteiger partial charge is 0.339 e. The Hall–Kier alpha value is -2.31. The van der Waals surface area contributed by atoms with Gasteiger partial charge in [0.05, 0.1) is 29.3 Å². The fraction of sp³-hybridized carbons (Fsp3) is 0.391. The van der Waals surface area contributed by atoms with E-state index in [4.69, 9.17) is 33.3 Å². The standard InChI is InChI=1S/C23H27ClN2O3S/c1-3-28-18-10-7-16(8-11-18)23(13-5-6-14-23)26-22(30)25-17-9-12-19(20(24)15-17)21(27)29-4-2/h7-12,15H,3-6,13-14H2,1-2H3,(H2,25,26,30). The third kappa shape index (κ3) is 5.24. The molecule has 1 saturated carbocycles. The molecular formula is C23H27ClN2O3S. The van der Waals surface area contributed by atoms with Crippen LogP contribution in [0.1, 0.15) is 55.5 Å². The van der Waals surface area contributed by atoms with Gasteiger partial charge in [-0.3, -0.25) is 0 Å². The van der Waals surface area contributed by atoms with Gasteiger partial charge in [0.2, 0.25) is 0 Å². The predicted molar refractivity (Wildman–Crippen MR) is 125 cm³/mol. The largest absolute Gasteiger partial charge is 0.494 e. The van der Waals surface area contributed by atoms with Gasteiger partial charge in [-0.1, -0.05) is 36.6 Å². The SMILES string of the molecule is CCOC(=O)c1ccc(NC(=S)NC2(c3ccc(OCC)cc3)CCCC2)cc1Cl. The van der Waals surface area contributed by atoms with E-state index in [9.17, 15) is 4.79 Å². The summed E-state index contributed by atoms with van der Waals surface area (Å²) in [4.78, 5) is 11.9. The second-order valence-corrected chi connectivity index (χ2v) is 8.06. The van der Waals surface area contributed by atoms with Crippen molar-refractivity contribution in [2.24, 2.45) is 0 Å². The molecule has 0 saturated heterocycles. The van der Waals surface area contributed by atoms with Crippen LogP contribution in [0, 0.1) is 0 Å². The van der Waals surface area contributed by atoms with E-state index in [1.165, 1.54) is 5.56 Å². The van der Waals surface area contributed by atoms with Gasteiger partial charge >= 0.3 is 5.97 Å². The van der Waals surface area contributed by atoms with Gasteiger partial charge in [0.15, 0.2) is 5.11 Å². The van der Waals surface area contributed by atoms with Crippen molar-refractivity contribution in [3.05, 3.63) is 58.6 Å². The third-order valence-corrected chi connectivity index (χ3v) is 5.77. The van der Waals surface area contributed by atoms with Crippen LogP contribution in [-0.2, 0) is 10.3 Å². The van der Waals surface area contributed by atoms with Gasteiger partial charge in [-0.25, -0.2) is 4.79 Å². The van der Waals surface area contributed by atoms with Gasteiger partial charge in [0.1, 0.15) is 5.75 Å². The predicted octanol–water partition coefficient (Wildman–Crippen LogP) is 5.67. The number of hydrogen-bond acceptors (Lipinski definition) is 4. The molecule has 0 atom stereocenters. The van der Waals surface area contributed by atoms with Crippen LogP contribution in [0.2, 0.25) is 5.02 Å². The molecule has 0 heterocycles. The summed E-state index contributed by atoms with van der Waals surface area (Å²) in [6.45, 7) is 4.68. The minimum atomic E-state index is -0.435. The normalized spacial score (nSPS) is 14.8. The number of carbonyl (C=O) groups excluding carboxylic acids is 1. The molecule has 30 heavy (non-hydrogen) atoms. The second kappa shape index (κ2) is 10.1. The van der Waals surface area contributed by atoms with Crippen molar-refractivity contribution in [3.63, 3.8) is 0 Å². The Morgan fingerprint density at radius 2 is 1.80 bits per heavy atom. The Kier molecular flexibility index (Phi) is 7.56. The molecule has 0 amide bonds. The topological polar surface area (TPSA) is 59.6 Å². The summed E-state index contributed by atoms with van der Waals surface area (Å²) in [5, 5.41) is 7.57. The fourth-order valence-corrected chi connectivity index (χ4v) is 4.42. The van der Waals surface area contributed by atoms with Crippen LogP contribution in [0.4, 0.5) is 5.69 Å². The Bertz CT molecular complexity index is 896. The Balaban J connectivity index is 1.71. The third-order valence-electron chi connectivity index (χ3n) is 5.25. The summed E-state index contributed by atoms with van der Waals surface area (Å²) < 4.78 is 10.6. The van der Waals surface area contributed by atoms with E-state index in [1.807, 2.05) is 19.1 Å². The summed E-state index contributed by atoms with van der Waals surface area (Å²) in [5.74, 6) is 0.432. The van der Waals surface area contributed by atoms with E-state index in [0.717, 1.165) is 31.4 Å². The van der Waals surface area contributed by atoms with Crippen molar-refractivity contribution in [2.75, 3.05) is 18.5 Å². The summed E-state index contributed by atoms with van der Waals surface area (Å²) in [6.07, 6.45) is 4.29. The minimum absolute atomic E-state index is 0.205. The molecule has 2 aromatic carbocycles. The van der Waals surface area contributed by atoms with Crippen molar-refractivity contribution < 1.29 is 14.3 Å². The maximum atomic E-state index is 11.9.